The van der Waals surface area contributed by atoms with E-state index in [2.05, 4.69) is 31.6 Å². The maximum Gasteiger partial charge on any atom is 0.291 e. The maximum absolute atomic E-state index is 12.1. The van der Waals surface area contributed by atoms with Gasteiger partial charge >= 0.3 is 0 Å². The largest absolute Gasteiger partial charge is 0.508 e. The molecule has 3 rings (SSSR count). The second-order valence-corrected chi connectivity index (χ2v) is 6.23. The highest BCUT2D eigenvalue weighted by atomic mass is 79.9. The summed E-state index contributed by atoms with van der Waals surface area (Å²) < 4.78 is 2.71. The molecule has 0 atom stereocenters. The smallest absolute Gasteiger partial charge is 0.291 e. The zero-order valence-corrected chi connectivity index (χ0v) is 14.7. The molecule has 0 radical (unpaired) electrons. The first-order valence-electron chi connectivity index (χ1n) is 7.50. The molecule has 0 saturated carbocycles. The third-order valence-corrected chi connectivity index (χ3v) is 3.91. The number of aromatic nitrogens is 2. The fraction of sp³-hybridized carbons (Fsp3) is 0.0556. The summed E-state index contributed by atoms with van der Waals surface area (Å²) >= 11 is 3.40. The Kier molecular flexibility index (Phi) is 5.25. The average Bonchev–Trinajstić information content (AvgIpc) is 3.06. The van der Waals surface area contributed by atoms with Gasteiger partial charge in [-0.1, -0.05) is 40.2 Å². The predicted molar refractivity (Wildman–Crippen MR) is 98.6 cm³/mol. The van der Waals surface area contributed by atoms with Gasteiger partial charge in [-0.2, -0.15) is 10.2 Å². The van der Waals surface area contributed by atoms with Gasteiger partial charge in [0.15, 0.2) is 5.69 Å². The second kappa shape index (κ2) is 7.76. The molecule has 0 fully saturated rings. The lowest BCUT2D eigenvalue weighted by molar-refractivity contribution is 0.0949. The minimum atomic E-state index is -0.397. The molecule has 6 nitrogen and oxygen atoms in total. The number of phenolic OH excluding ortho intramolecular Hbond substituents is 1. The van der Waals surface area contributed by atoms with E-state index < -0.39 is 5.91 Å². The molecule has 1 heterocycles. The molecule has 7 heteroatoms. The number of hydrogen-bond acceptors (Lipinski definition) is 4. The summed E-state index contributed by atoms with van der Waals surface area (Å²) in [7, 11) is 0. The van der Waals surface area contributed by atoms with Crippen molar-refractivity contribution in [1.82, 2.24) is 15.2 Å². The van der Waals surface area contributed by atoms with Gasteiger partial charge in [0.2, 0.25) is 0 Å². The zero-order chi connectivity index (χ0) is 17.6. The van der Waals surface area contributed by atoms with E-state index in [1.165, 1.54) is 6.21 Å². The van der Waals surface area contributed by atoms with Crippen molar-refractivity contribution in [1.29, 1.82) is 0 Å². The molecule has 0 aliphatic carbocycles. The monoisotopic (exact) mass is 398 g/mol. The highest BCUT2D eigenvalue weighted by molar-refractivity contribution is 9.10. The van der Waals surface area contributed by atoms with Crippen LogP contribution in [0.2, 0.25) is 0 Å². The molecule has 0 aliphatic heterocycles. The topological polar surface area (TPSA) is 79.5 Å². The standard InChI is InChI=1S/C18H15BrN4O2/c19-15-6-4-13(5-7-15)12-23-9-8-17(22-23)18(25)21-20-11-14-2-1-3-16(24)10-14/h1-11,24H,12H2,(H,21,25)/b20-11-. The lowest BCUT2D eigenvalue weighted by Crippen LogP contribution is -2.18. The molecule has 0 bridgehead atoms. The van der Waals surface area contributed by atoms with Crippen LogP contribution in [0.5, 0.6) is 5.75 Å². The van der Waals surface area contributed by atoms with Crippen molar-refractivity contribution in [3.8, 4) is 5.75 Å². The summed E-state index contributed by atoms with van der Waals surface area (Å²) in [5.41, 5.74) is 4.47. The van der Waals surface area contributed by atoms with E-state index in [1.54, 1.807) is 41.2 Å². The Balaban J connectivity index is 1.59. The van der Waals surface area contributed by atoms with Gasteiger partial charge < -0.3 is 5.11 Å². The zero-order valence-electron chi connectivity index (χ0n) is 13.1. The van der Waals surface area contributed by atoms with Crippen LogP contribution in [0.3, 0.4) is 0 Å². The molecule has 1 amide bonds. The average molecular weight is 399 g/mol. The van der Waals surface area contributed by atoms with Crippen LogP contribution in [0.1, 0.15) is 21.6 Å². The quantitative estimate of drug-likeness (QED) is 0.511. The van der Waals surface area contributed by atoms with Crippen LogP contribution in [0.25, 0.3) is 0 Å². The molecule has 3 aromatic rings. The maximum atomic E-state index is 12.1. The number of amides is 1. The van der Waals surface area contributed by atoms with Crippen molar-refractivity contribution < 1.29 is 9.90 Å². The van der Waals surface area contributed by atoms with Gasteiger partial charge in [-0.15, -0.1) is 0 Å². The first-order chi connectivity index (χ1) is 12.1. The van der Waals surface area contributed by atoms with Gasteiger partial charge in [-0.25, -0.2) is 5.43 Å². The number of hydrazone groups is 1. The van der Waals surface area contributed by atoms with E-state index in [4.69, 9.17) is 0 Å². The molecule has 126 valence electrons. The van der Waals surface area contributed by atoms with Gasteiger partial charge in [0.05, 0.1) is 12.8 Å². The number of nitrogens with zero attached hydrogens (tertiary/aromatic N) is 3. The Morgan fingerprint density at radius 3 is 2.80 bits per heavy atom. The summed E-state index contributed by atoms with van der Waals surface area (Å²) in [6.45, 7) is 0.577. The van der Waals surface area contributed by atoms with E-state index in [1.807, 2.05) is 24.3 Å². The fourth-order valence-corrected chi connectivity index (χ4v) is 2.44. The second-order valence-electron chi connectivity index (χ2n) is 5.32. The number of hydrogen-bond donors (Lipinski definition) is 2. The molecule has 1 aromatic heterocycles. The first kappa shape index (κ1) is 16.9. The minimum Gasteiger partial charge on any atom is -0.508 e. The number of aromatic hydroxyl groups is 1. The van der Waals surface area contributed by atoms with Crippen LogP contribution in [-0.2, 0) is 6.54 Å². The van der Waals surface area contributed by atoms with Crippen molar-refractivity contribution >= 4 is 28.1 Å². The van der Waals surface area contributed by atoms with Gasteiger partial charge in [0.1, 0.15) is 5.75 Å². The lowest BCUT2D eigenvalue weighted by atomic mass is 10.2. The van der Waals surface area contributed by atoms with Gasteiger partial charge in [0.25, 0.3) is 5.91 Å². The van der Waals surface area contributed by atoms with E-state index in [0.717, 1.165) is 10.0 Å². The molecule has 25 heavy (non-hydrogen) atoms. The van der Waals surface area contributed by atoms with Crippen LogP contribution in [0.15, 0.2) is 70.4 Å². The summed E-state index contributed by atoms with van der Waals surface area (Å²) in [6.07, 6.45) is 3.20. The number of nitrogens with one attached hydrogen (secondary N) is 1. The lowest BCUT2D eigenvalue weighted by Gasteiger charge is -2.02. The Hall–Kier alpha value is -2.93. The number of carbonyl (C=O) groups excluding carboxylic acids is 1. The van der Waals surface area contributed by atoms with E-state index >= 15 is 0 Å². The van der Waals surface area contributed by atoms with Gasteiger partial charge in [-0.05, 0) is 41.5 Å². The molecule has 0 unspecified atom stereocenters. The Bertz CT molecular complexity index is 903. The van der Waals surface area contributed by atoms with Crippen LogP contribution in [-0.4, -0.2) is 27.0 Å². The molecule has 0 saturated heterocycles. The van der Waals surface area contributed by atoms with Crippen LogP contribution < -0.4 is 5.43 Å². The van der Waals surface area contributed by atoms with Crippen LogP contribution >= 0.6 is 15.9 Å². The highest BCUT2D eigenvalue weighted by Crippen LogP contribution is 2.11. The van der Waals surface area contributed by atoms with Crippen molar-refractivity contribution in [3.05, 3.63) is 82.1 Å². The van der Waals surface area contributed by atoms with E-state index in [0.29, 0.717) is 12.1 Å². The van der Waals surface area contributed by atoms with Crippen molar-refractivity contribution in [3.63, 3.8) is 0 Å². The third kappa shape index (κ3) is 4.77. The molecule has 2 N–H and O–H groups in total. The number of halogens is 1. The van der Waals surface area contributed by atoms with Crippen LogP contribution in [0.4, 0.5) is 0 Å². The number of benzene rings is 2. The Labute approximate surface area is 152 Å². The number of phenols is 1. The summed E-state index contributed by atoms with van der Waals surface area (Å²) in [5, 5.41) is 17.5. The summed E-state index contributed by atoms with van der Waals surface area (Å²) in [6, 6.07) is 16.1. The van der Waals surface area contributed by atoms with Gasteiger partial charge in [0, 0.05) is 10.7 Å². The number of rotatable bonds is 5. The molecular formula is C18H15BrN4O2. The molecular weight excluding hydrogens is 384 g/mol. The van der Waals surface area contributed by atoms with Crippen LogP contribution in [0, 0.1) is 0 Å². The molecule has 0 spiro atoms. The SMILES string of the molecule is O=C(N/N=C\c1cccc(O)c1)c1ccn(Cc2ccc(Br)cc2)n1. The summed E-state index contributed by atoms with van der Waals surface area (Å²) in [5.74, 6) is -0.257. The van der Waals surface area contributed by atoms with Gasteiger partial charge in [-0.3, -0.25) is 9.48 Å². The van der Waals surface area contributed by atoms with E-state index in [9.17, 15) is 9.90 Å². The minimum absolute atomic E-state index is 0.141. The summed E-state index contributed by atoms with van der Waals surface area (Å²) in [4.78, 5) is 12.1. The third-order valence-electron chi connectivity index (χ3n) is 3.38. The predicted octanol–water partition coefficient (Wildman–Crippen LogP) is 3.16. The first-order valence-corrected chi connectivity index (χ1v) is 8.30. The molecule has 0 aliphatic rings. The highest BCUT2D eigenvalue weighted by Gasteiger charge is 2.08. The Morgan fingerprint density at radius 1 is 1.24 bits per heavy atom. The normalized spacial score (nSPS) is 10.9. The Morgan fingerprint density at radius 2 is 2.04 bits per heavy atom. The van der Waals surface area contributed by atoms with Crippen molar-refractivity contribution in [2.75, 3.05) is 0 Å². The van der Waals surface area contributed by atoms with Crippen molar-refractivity contribution in [2.45, 2.75) is 6.54 Å². The number of carbonyl (C=O) groups is 1. The fourth-order valence-electron chi connectivity index (χ4n) is 2.18. The van der Waals surface area contributed by atoms with E-state index in [-0.39, 0.29) is 11.4 Å². The van der Waals surface area contributed by atoms with Crippen molar-refractivity contribution in [2.24, 2.45) is 5.10 Å². The molecule has 2 aromatic carbocycles.